The molecule has 0 saturated carbocycles. The van der Waals surface area contributed by atoms with Crippen LogP contribution in [0, 0.1) is 5.92 Å². The number of hydrogen-bond donors (Lipinski definition) is 1. The van der Waals surface area contributed by atoms with Gasteiger partial charge in [-0.25, -0.2) is 0 Å². The molecule has 1 N–H and O–H groups in total. The van der Waals surface area contributed by atoms with Crippen LogP contribution in [0.3, 0.4) is 0 Å². The first kappa shape index (κ1) is 15.4. The van der Waals surface area contributed by atoms with Gasteiger partial charge in [-0.05, 0) is 45.2 Å². The van der Waals surface area contributed by atoms with Crippen LogP contribution in [0.2, 0.25) is 0 Å². The van der Waals surface area contributed by atoms with Gasteiger partial charge in [0.25, 0.3) is 0 Å². The number of carbonyl (C=O) groups is 1. The number of piperidine rings is 1. The second kappa shape index (κ2) is 9.34. The number of nitrogens with zero attached hydrogens (tertiary/aromatic N) is 1. The summed E-state index contributed by atoms with van der Waals surface area (Å²) in [6.07, 6.45) is 3.92. The van der Waals surface area contributed by atoms with E-state index in [9.17, 15) is 4.79 Å². The lowest BCUT2D eigenvalue weighted by molar-refractivity contribution is -0.132. The maximum atomic E-state index is 12.0. The summed E-state index contributed by atoms with van der Waals surface area (Å²) in [5.74, 6) is 0.916. The topological polar surface area (TPSA) is 41.6 Å². The third kappa shape index (κ3) is 5.83. The van der Waals surface area contributed by atoms with Gasteiger partial charge in [0.05, 0.1) is 13.0 Å². The van der Waals surface area contributed by atoms with Gasteiger partial charge in [0, 0.05) is 19.7 Å². The van der Waals surface area contributed by atoms with E-state index in [2.05, 4.69) is 19.2 Å². The van der Waals surface area contributed by atoms with Gasteiger partial charge in [0.15, 0.2) is 0 Å². The van der Waals surface area contributed by atoms with Gasteiger partial charge in [-0.2, -0.15) is 0 Å². The average Bonchev–Trinajstić information content (AvgIpc) is 2.42. The van der Waals surface area contributed by atoms with E-state index in [1.807, 2.05) is 4.90 Å². The van der Waals surface area contributed by atoms with Crippen molar-refractivity contribution in [3.8, 4) is 0 Å². The molecule has 1 aliphatic heterocycles. The van der Waals surface area contributed by atoms with Gasteiger partial charge < -0.3 is 15.0 Å². The molecule has 0 unspecified atom stereocenters. The monoisotopic (exact) mass is 256 g/mol. The highest BCUT2D eigenvalue weighted by Gasteiger charge is 2.19. The molecule has 0 bridgehead atoms. The van der Waals surface area contributed by atoms with Crippen molar-refractivity contribution < 1.29 is 9.53 Å². The minimum absolute atomic E-state index is 0.243. The van der Waals surface area contributed by atoms with Crippen molar-refractivity contribution in [3.63, 3.8) is 0 Å². The number of amides is 1. The van der Waals surface area contributed by atoms with E-state index in [-0.39, 0.29) is 5.91 Å². The fraction of sp³-hybridized carbons (Fsp3) is 0.929. The molecule has 0 aromatic heterocycles. The van der Waals surface area contributed by atoms with Gasteiger partial charge in [0.1, 0.15) is 0 Å². The fourth-order valence-corrected chi connectivity index (χ4v) is 2.35. The summed E-state index contributed by atoms with van der Waals surface area (Å²) in [4.78, 5) is 14.0. The van der Waals surface area contributed by atoms with Crippen molar-refractivity contribution in [1.82, 2.24) is 10.2 Å². The number of hydrogen-bond acceptors (Lipinski definition) is 3. The van der Waals surface area contributed by atoms with Crippen molar-refractivity contribution >= 4 is 5.91 Å². The van der Waals surface area contributed by atoms with Crippen molar-refractivity contribution in [2.24, 2.45) is 5.92 Å². The molecule has 0 atom stereocenters. The Morgan fingerprint density at radius 3 is 2.61 bits per heavy atom. The highest BCUT2D eigenvalue weighted by atomic mass is 16.5. The lowest BCUT2D eigenvalue weighted by Gasteiger charge is -2.29. The van der Waals surface area contributed by atoms with Crippen LogP contribution in [-0.2, 0) is 9.53 Å². The first-order valence-electron chi connectivity index (χ1n) is 7.34. The maximum absolute atomic E-state index is 12.0. The average molecular weight is 256 g/mol. The van der Waals surface area contributed by atoms with Crippen LogP contribution in [0.4, 0.5) is 0 Å². The van der Waals surface area contributed by atoms with E-state index < -0.39 is 0 Å². The molecule has 4 nitrogen and oxygen atoms in total. The third-order valence-corrected chi connectivity index (χ3v) is 3.48. The molecular weight excluding hydrogens is 228 g/mol. The molecule has 1 fully saturated rings. The highest BCUT2D eigenvalue weighted by molar-refractivity contribution is 5.76. The Labute approximate surface area is 111 Å². The van der Waals surface area contributed by atoms with Crippen LogP contribution < -0.4 is 5.32 Å². The van der Waals surface area contributed by atoms with Crippen LogP contribution >= 0.6 is 0 Å². The van der Waals surface area contributed by atoms with E-state index in [0.717, 1.165) is 39.2 Å². The molecule has 0 radical (unpaired) electrons. The predicted molar refractivity (Wildman–Crippen MR) is 73.6 cm³/mol. The Kier molecular flexibility index (Phi) is 8.01. The largest absolute Gasteiger partial charge is 0.381 e. The number of nitrogens with one attached hydrogen (secondary N) is 1. The molecule has 0 aromatic rings. The Hall–Kier alpha value is -0.610. The molecular formula is C14H28N2O2. The molecule has 0 aliphatic carbocycles. The summed E-state index contributed by atoms with van der Waals surface area (Å²) >= 11 is 0. The van der Waals surface area contributed by atoms with Crippen LogP contribution in [0.15, 0.2) is 0 Å². The minimum atomic E-state index is 0.243. The van der Waals surface area contributed by atoms with Crippen molar-refractivity contribution in [1.29, 1.82) is 0 Å². The van der Waals surface area contributed by atoms with E-state index in [0.29, 0.717) is 18.9 Å². The van der Waals surface area contributed by atoms with Gasteiger partial charge >= 0.3 is 0 Å². The Morgan fingerprint density at radius 1 is 1.28 bits per heavy atom. The van der Waals surface area contributed by atoms with E-state index >= 15 is 0 Å². The van der Waals surface area contributed by atoms with Crippen molar-refractivity contribution in [2.75, 3.05) is 39.4 Å². The van der Waals surface area contributed by atoms with Gasteiger partial charge in [0.2, 0.25) is 5.91 Å². The molecule has 1 rings (SSSR count). The SMILES string of the molecule is CCCOCCC(=O)N(CC)CC1CCNCC1. The maximum Gasteiger partial charge on any atom is 0.224 e. The lowest BCUT2D eigenvalue weighted by Crippen LogP contribution is -2.39. The zero-order valence-corrected chi connectivity index (χ0v) is 11.9. The lowest BCUT2D eigenvalue weighted by atomic mass is 9.97. The summed E-state index contributed by atoms with van der Waals surface area (Å²) in [5, 5.41) is 3.36. The number of carbonyl (C=O) groups excluding carboxylic acids is 1. The van der Waals surface area contributed by atoms with Crippen LogP contribution in [0.1, 0.15) is 39.5 Å². The van der Waals surface area contributed by atoms with Gasteiger partial charge in [-0.15, -0.1) is 0 Å². The molecule has 0 aromatic carbocycles. The normalized spacial score (nSPS) is 16.8. The number of rotatable bonds is 8. The standard InChI is InChI=1S/C14H28N2O2/c1-3-10-18-11-7-14(17)16(4-2)12-13-5-8-15-9-6-13/h13,15H,3-12H2,1-2H3. The summed E-state index contributed by atoms with van der Waals surface area (Å²) < 4.78 is 5.38. The summed E-state index contributed by atoms with van der Waals surface area (Å²) in [7, 11) is 0. The summed E-state index contributed by atoms with van der Waals surface area (Å²) in [6.45, 7) is 9.39. The first-order valence-corrected chi connectivity index (χ1v) is 7.34. The molecule has 4 heteroatoms. The molecule has 106 valence electrons. The molecule has 1 heterocycles. The predicted octanol–water partition coefficient (Wildman–Crippen LogP) is 1.65. The smallest absolute Gasteiger partial charge is 0.224 e. The van der Waals surface area contributed by atoms with Crippen molar-refractivity contribution in [2.45, 2.75) is 39.5 Å². The molecule has 1 aliphatic rings. The Balaban J connectivity index is 2.23. The molecule has 0 spiro atoms. The third-order valence-electron chi connectivity index (χ3n) is 3.48. The Bertz CT molecular complexity index is 228. The zero-order chi connectivity index (χ0) is 13.2. The van der Waals surface area contributed by atoms with E-state index in [1.165, 1.54) is 12.8 Å². The minimum Gasteiger partial charge on any atom is -0.381 e. The van der Waals surface area contributed by atoms with Crippen LogP contribution in [0.5, 0.6) is 0 Å². The van der Waals surface area contributed by atoms with Crippen molar-refractivity contribution in [3.05, 3.63) is 0 Å². The van der Waals surface area contributed by atoms with Gasteiger partial charge in [-0.3, -0.25) is 4.79 Å². The number of ether oxygens (including phenoxy) is 1. The molecule has 18 heavy (non-hydrogen) atoms. The Morgan fingerprint density at radius 2 is 2.00 bits per heavy atom. The molecule has 1 saturated heterocycles. The summed E-state index contributed by atoms with van der Waals surface area (Å²) in [6, 6.07) is 0. The van der Waals surface area contributed by atoms with Crippen LogP contribution in [0.25, 0.3) is 0 Å². The molecule has 1 amide bonds. The van der Waals surface area contributed by atoms with Crippen LogP contribution in [-0.4, -0.2) is 50.2 Å². The second-order valence-electron chi connectivity index (χ2n) is 4.99. The van der Waals surface area contributed by atoms with E-state index in [1.54, 1.807) is 0 Å². The highest BCUT2D eigenvalue weighted by Crippen LogP contribution is 2.13. The quantitative estimate of drug-likeness (QED) is 0.671. The van der Waals surface area contributed by atoms with Gasteiger partial charge in [-0.1, -0.05) is 6.92 Å². The first-order chi connectivity index (χ1) is 8.77. The summed E-state index contributed by atoms with van der Waals surface area (Å²) in [5.41, 5.74) is 0. The second-order valence-corrected chi connectivity index (χ2v) is 4.99. The fourth-order valence-electron chi connectivity index (χ4n) is 2.35. The van der Waals surface area contributed by atoms with E-state index in [4.69, 9.17) is 4.74 Å². The zero-order valence-electron chi connectivity index (χ0n) is 11.9.